The van der Waals surface area contributed by atoms with Crippen molar-refractivity contribution in [3.8, 4) is 0 Å². The van der Waals surface area contributed by atoms with Gasteiger partial charge in [0.1, 0.15) is 11.9 Å². The molecule has 1 aliphatic heterocycles. The molecule has 1 aliphatic carbocycles. The summed E-state index contributed by atoms with van der Waals surface area (Å²) in [6.45, 7) is 2.53. The third kappa shape index (κ3) is 5.84. The number of para-hydroxylation sites is 1. The van der Waals surface area contributed by atoms with Gasteiger partial charge in [0.05, 0.1) is 17.8 Å². The Morgan fingerprint density at radius 2 is 1.74 bits per heavy atom. The van der Waals surface area contributed by atoms with Crippen LogP contribution in [0.3, 0.4) is 0 Å². The van der Waals surface area contributed by atoms with Crippen LogP contribution in [0.4, 0.5) is 11.5 Å². The topological polar surface area (TPSA) is 77.6 Å². The lowest BCUT2D eigenvalue weighted by Crippen LogP contribution is -2.55. The lowest BCUT2D eigenvalue weighted by atomic mass is 9.83. The first-order valence-corrected chi connectivity index (χ1v) is 13.0. The maximum Gasteiger partial charge on any atom is 0.246 e. The number of hydrogen-bond acceptors (Lipinski definition) is 5. The molecular weight excluding hydrogens is 438 g/mol. The normalized spacial score (nSPS) is 20.3. The molecule has 2 amide bonds. The molecule has 1 saturated carbocycles. The average Bonchev–Trinajstić information content (AvgIpc) is 3.41. The number of hydrogen-bond donors (Lipinski definition) is 2. The zero-order valence-electron chi connectivity index (χ0n) is 21.2. The van der Waals surface area contributed by atoms with Crippen molar-refractivity contribution < 1.29 is 9.59 Å². The van der Waals surface area contributed by atoms with Crippen LogP contribution >= 0.6 is 0 Å². The smallest absolute Gasteiger partial charge is 0.246 e. The van der Waals surface area contributed by atoms with Crippen LogP contribution < -0.4 is 15.5 Å². The third-order valence-corrected chi connectivity index (χ3v) is 7.63. The molecule has 2 heterocycles. The van der Waals surface area contributed by atoms with E-state index in [4.69, 9.17) is 4.98 Å². The van der Waals surface area contributed by atoms with Crippen molar-refractivity contribution in [1.29, 1.82) is 0 Å². The maximum absolute atomic E-state index is 14.0. The van der Waals surface area contributed by atoms with Crippen molar-refractivity contribution in [2.75, 3.05) is 25.5 Å². The first-order chi connectivity index (χ1) is 17.0. The van der Waals surface area contributed by atoms with E-state index in [9.17, 15) is 9.59 Å². The Bertz CT molecular complexity index is 992. The monoisotopic (exact) mass is 477 g/mol. The van der Waals surface area contributed by atoms with Gasteiger partial charge in [-0.05, 0) is 69.8 Å². The van der Waals surface area contributed by atoms with Crippen molar-refractivity contribution in [2.45, 2.75) is 70.0 Å². The number of rotatable bonds is 8. The molecule has 2 fully saturated rings. The molecule has 188 valence electrons. The minimum absolute atomic E-state index is 0.0414. The molecule has 35 heavy (non-hydrogen) atoms. The number of nitrogens with zero attached hydrogens (tertiary/aromatic N) is 3. The van der Waals surface area contributed by atoms with Crippen molar-refractivity contribution in [1.82, 2.24) is 20.5 Å². The van der Waals surface area contributed by atoms with Crippen molar-refractivity contribution in [3.63, 3.8) is 0 Å². The number of pyridine rings is 1. The summed E-state index contributed by atoms with van der Waals surface area (Å²) in [5, 5.41) is 6.11. The second-order valence-corrected chi connectivity index (χ2v) is 9.90. The highest BCUT2D eigenvalue weighted by atomic mass is 16.2. The summed E-state index contributed by atoms with van der Waals surface area (Å²) in [5.74, 6) is 0.971. The van der Waals surface area contributed by atoms with E-state index in [1.165, 1.54) is 6.42 Å². The van der Waals surface area contributed by atoms with Crippen LogP contribution in [0, 0.1) is 5.92 Å². The number of nitrogens with one attached hydrogen (secondary N) is 2. The van der Waals surface area contributed by atoms with Crippen molar-refractivity contribution >= 4 is 23.3 Å². The lowest BCUT2D eigenvalue weighted by Gasteiger charge is -2.35. The predicted molar refractivity (Wildman–Crippen MR) is 139 cm³/mol. The fourth-order valence-electron chi connectivity index (χ4n) is 5.37. The average molecular weight is 478 g/mol. The van der Waals surface area contributed by atoms with Gasteiger partial charge < -0.3 is 20.4 Å². The highest BCUT2D eigenvalue weighted by Gasteiger charge is 2.39. The summed E-state index contributed by atoms with van der Waals surface area (Å²) >= 11 is 0. The van der Waals surface area contributed by atoms with E-state index in [1.54, 1.807) is 7.05 Å². The van der Waals surface area contributed by atoms with E-state index in [1.807, 2.05) is 55.3 Å². The van der Waals surface area contributed by atoms with Crippen LogP contribution in [-0.4, -0.2) is 54.4 Å². The highest BCUT2D eigenvalue weighted by molar-refractivity contribution is 5.90. The Morgan fingerprint density at radius 1 is 1.00 bits per heavy atom. The minimum atomic E-state index is -0.477. The van der Waals surface area contributed by atoms with Crippen LogP contribution in [0.25, 0.3) is 0 Å². The molecule has 0 bridgehead atoms. The first kappa shape index (κ1) is 25.2. The Balaban J connectivity index is 1.56. The second-order valence-electron chi connectivity index (χ2n) is 9.90. The van der Waals surface area contributed by atoms with E-state index in [-0.39, 0.29) is 29.8 Å². The minimum Gasteiger partial charge on any atom is -0.343 e. The number of amides is 2. The van der Waals surface area contributed by atoms with E-state index in [0.717, 1.165) is 55.7 Å². The number of likely N-dealkylation sites (N-methyl/N-ethyl adjacent to an activating group) is 1. The maximum atomic E-state index is 14.0. The van der Waals surface area contributed by atoms with Gasteiger partial charge in [0.15, 0.2) is 0 Å². The zero-order chi connectivity index (χ0) is 24.8. The molecule has 1 saturated heterocycles. The van der Waals surface area contributed by atoms with Crippen molar-refractivity contribution in [2.24, 2.45) is 5.92 Å². The number of carbonyl (C=O) groups is 2. The van der Waals surface area contributed by atoms with Gasteiger partial charge in [-0.1, -0.05) is 43.5 Å². The summed E-state index contributed by atoms with van der Waals surface area (Å²) < 4.78 is 0. The predicted octanol–water partition coefficient (Wildman–Crippen LogP) is 4.19. The van der Waals surface area contributed by atoms with Crippen LogP contribution in [0.1, 0.15) is 63.6 Å². The van der Waals surface area contributed by atoms with E-state index in [2.05, 4.69) is 27.7 Å². The molecule has 7 nitrogen and oxygen atoms in total. The molecule has 0 unspecified atom stereocenters. The molecule has 4 rings (SSSR count). The quantitative estimate of drug-likeness (QED) is 0.596. The fraction of sp³-hybridized carbons (Fsp3) is 0.536. The summed E-state index contributed by atoms with van der Waals surface area (Å²) in [4.78, 5) is 35.8. The largest absolute Gasteiger partial charge is 0.343 e. The molecular formula is C28H39N5O2. The summed E-state index contributed by atoms with van der Waals surface area (Å²) in [5.41, 5.74) is 1.98. The highest BCUT2D eigenvalue weighted by Crippen LogP contribution is 2.35. The molecule has 0 radical (unpaired) electrons. The van der Waals surface area contributed by atoms with Gasteiger partial charge in [0, 0.05) is 19.3 Å². The molecule has 3 atom stereocenters. The Labute approximate surface area is 209 Å². The summed E-state index contributed by atoms with van der Waals surface area (Å²) in [6.07, 6.45) is 7.23. The van der Waals surface area contributed by atoms with Crippen LogP contribution in [0.2, 0.25) is 0 Å². The van der Waals surface area contributed by atoms with Gasteiger partial charge in [0.25, 0.3) is 0 Å². The number of aromatic nitrogens is 1. The number of benzene rings is 1. The molecule has 7 heteroatoms. The van der Waals surface area contributed by atoms with Crippen LogP contribution in [0.5, 0.6) is 0 Å². The van der Waals surface area contributed by atoms with Gasteiger partial charge in [0.2, 0.25) is 11.8 Å². The van der Waals surface area contributed by atoms with Gasteiger partial charge in [-0.25, -0.2) is 4.98 Å². The molecule has 1 aromatic heterocycles. The molecule has 2 N–H and O–H groups in total. The standard InChI is InChI=1S/C28H39N5O2/c1-20(29-2)27(34)31-26(21-12-6-4-7-13-21)28(35)33-19-11-17-24(33)23-16-10-18-25(30-23)32(3)22-14-8-5-9-15-22/h5,8-10,14-16,18,20-21,24,26,29H,4,6-7,11-13,17,19H2,1-3H3,(H,31,34)/t20-,24-,26-/m0/s1. The Kier molecular flexibility index (Phi) is 8.39. The number of carbonyl (C=O) groups excluding carboxylic acids is 2. The molecule has 0 spiro atoms. The molecule has 2 aromatic rings. The van der Waals surface area contributed by atoms with Crippen LogP contribution in [0.15, 0.2) is 48.5 Å². The Hall–Kier alpha value is -2.93. The summed E-state index contributed by atoms with van der Waals surface area (Å²) in [7, 11) is 3.78. The fourth-order valence-corrected chi connectivity index (χ4v) is 5.37. The van der Waals surface area contributed by atoms with Crippen molar-refractivity contribution in [3.05, 3.63) is 54.2 Å². The van der Waals surface area contributed by atoms with Gasteiger partial charge >= 0.3 is 0 Å². The van der Waals surface area contributed by atoms with Gasteiger partial charge in [-0.3, -0.25) is 9.59 Å². The van der Waals surface area contributed by atoms with Gasteiger partial charge in [-0.15, -0.1) is 0 Å². The Morgan fingerprint density at radius 3 is 2.46 bits per heavy atom. The molecule has 1 aromatic carbocycles. The summed E-state index contributed by atoms with van der Waals surface area (Å²) in [6, 6.07) is 15.3. The number of likely N-dealkylation sites (tertiary alicyclic amines) is 1. The third-order valence-electron chi connectivity index (χ3n) is 7.63. The van der Waals surface area contributed by atoms with E-state index in [0.29, 0.717) is 6.54 Å². The van der Waals surface area contributed by atoms with E-state index >= 15 is 0 Å². The van der Waals surface area contributed by atoms with Gasteiger partial charge in [-0.2, -0.15) is 0 Å². The van der Waals surface area contributed by atoms with E-state index < -0.39 is 6.04 Å². The van der Waals surface area contributed by atoms with Crippen LogP contribution in [-0.2, 0) is 9.59 Å². The molecule has 2 aliphatic rings. The first-order valence-electron chi connectivity index (χ1n) is 13.0. The lowest BCUT2D eigenvalue weighted by molar-refractivity contribution is -0.139. The number of anilines is 2. The zero-order valence-corrected chi connectivity index (χ0v) is 21.2. The second kappa shape index (κ2) is 11.7. The SMILES string of the molecule is CN[C@@H](C)C(=O)N[C@H](C(=O)N1CCC[C@H]1c1cccc(N(C)c2ccccc2)n1)C1CCCCC1.